The first-order chi connectivity index (χ1) is 7.19. The molecule has 1 rings (SSSR count). The third kappa shape index (κ3) is 1.75. The predicted octanol–water partition coefficient (Wildman–Crippen LogP) is -0.706. The molecule has 0 aromatic rings. The fraction of sp³-hybridized carbons (Fsp3) is 0.125. The largest absolute Gasteiger partial charge is 0.317 e. The summed E-state index contributed by atoms with van der Waals surface area (Å²) in [6, 6.07) is 4.69. The van der Waals surface area contributed by atoms with E-state index >= 15 is 0 Å². The van der Waals surface area contributed by atoms with Crippen LogP contribution in [0.1, 0.15) is 0 Å². The van der Waals surface area contributed by atoms with Crippen molar-refractivity contribution < 1.29 is 0 Å². The molecule has 0 fully saturated rings. The van der Waals surface area contributed by atoms with Crippen molar-refractivity contribution >= 4 is 51.4 Å². The predicted molar refractivity (Wildman–Crippen MR) is 48.3 cm³/mol. The molecule has 0 N–H and O–H groups in total. The molecule has 69 valence electrons. The zero-order valence-electron chi connectivity index (χ0n) is 8.21. The maximum Gasteiger partial charge on any atom is 0.317 e. The molecule has 7 nitrogen and oxygen atoms in total. The Balaban J connectivity index is 0.00000225. The second-order valence-corrected chi connectivity index (χ2v) is 2.43. The molecule has 0 amide bonds. The van der Waals surface area contributed by atoms with Gasteiger partial charge in [0.25, 0.3) is 0 Å². The van der Waals surface area contributed by atoms with Crippen molar-refractivity contribution in [1.29, 1.82) is 26.3 Å². The molecule has 0 saturated heterocycles. The van der Waals surface area contributed by atoms with Crippen LogP contribution in [0, 0.1) is 56.9 Å². The summed E-state index contributed by atoms with van der Waals surface area (Å²) in [4.78, 5) is 1.25. The van der Waals surface area contributed by atoms with Crippen molar-refractivity contribution in [2.75, 3.05) is 0 Å². The van der Waals surface area contributed by atoms with Crippen LogP contribution in [-0.4, -0.2) is 66.8 Å². The third-order valence-electron chi connectivity index (χ3n) is 1.80. The van der Waals surface area contributed by atoms with Gasteiger partial charge in [0.1, 0.15) is 18.2 Å². The molecular weight excluding hydrogens is 233 g/mol. The van der Waals surface area contributed by atoms with Gasteiger partial charge in [-0.3, -0.25) is 0 Å². The van der Waals surface area contributed by atoms with E-state index in [1.807, 2.05) is 0 Å². The Labute approximate surface area is 134 Å². The van der Waals surface area contributed by atoms with Crippen molar-refractivity contribution in [3.05, 3.63) is 11.9 Å². The van der Waals surface area contributed by atoms with Gasteiger partial charge in [-0.1, -0.05) is 0 Å². The van der Waals surface area contributed by atoms with Crippen molar-refractivity contribution in [2.45, 2.75) is 5.66 Å². The molecule has 1 radical (unpaired) electrons. The standard InChI is InChI=1S/C8HN7.K/c9-1-7-2-14(5-12)8(3-10,4-11)15(7)6-13;/h2H;. The maximum absolute atomic E-state index is 8.83. The number of hydrogen-bond donors (Lipinski definition) is 0. The van der Waals surface area contributed by atoms with Gasteiger partial charge in [-0.05, 0) is 0 Å². The van der Waals surface area contributed by atoms with Gasteiger partial charge in [-0.15, -0.1) is 0 Å². The first-order valence-electron chi connectivity index (χ1n) is 3.53. The summed E-state index contributed by atoms with van der Waals surface area (Å²) in [5, 5.41) is 43.7. The van der Waals surface area contributed by atoms with Crippen LogP contribution in [0.25, 0.3) is 0 Å². The molecule has 1 aliphatic rings. The summed E-state index contributed by atoms with van der Waals surface area (Å²) < 4.78 is 0. The minimum absolute atomic E-state index is 0. The summed E-state index contributed by atoms with van der Waals surface area (Å²) in [5.74, 6) is 0. The van der Waals surface area contributed by atoms with Crippen LogP contribution in [0.15, 0.2) is 11.9 Å². The van der Waals surface area contributed by atoms with E-state index < -0.39 is 5.66 Å². The zero-order valence-corrected chi connectivity index (χ0v) is 11.3. The van der Waals surface area contributed by atoms with Crippen LogP contribution in [0.3, 0.4) is 0 Å². The molecule has 0 atom stereocenters. The van der Waals surface area contributed by atoms with Crippen molar-refractivity contribution in [2.24, 2.45) is 0 Å². The van der Waals surface area contributed by atoms with Gasteiger partial charge in [0.2, 0.25) is 0 Å². The third-order valence-corrected chi connectivity index (χ3v) is 1.80. The monoisotopic (exact) mass is 234 g/mol. The van der Waals surface area contributed by atoms with Crippen molar-refractivity contribution in [3.63, 3.8) is 0 Å². The Morgan fingerprint density at radius 3 is 1.88 bits per heavy atom. The van der Waals surface area contributed by atoms with Gasteiger partial charge in [0, 0.05) is 51.4 Å². The molecule has 0 aliphatic carbocycles. The Morgan fingerprint density at radius 2 is 1.56 bits per heavy atom. The van der Waals surface area contributed by atoms with Crippen LogP contribution >= 0.6 is 0 Å². The minimum atomic E-state index is -2.07. The molecule has 0 aromatic carbocycles. The first kappa shape index (κ1) is 14.4. The van der Waals surface area contributed by atoms with Gasteiger partial charge in [0.05, 0.1) is 6.20 Å². The maximum atomic E-state index is 8.83. The average molecular weight is 234 g/mol. The molecular formula is C8HKN7. The molecule has 0 spiro atoms. The molecule has 1 aliphatic heterocycles. The Kier molecular flexibility index (Phi) is 4.95. The van der Waals surface area contributed by atoms with Crippen LogP contribution < -0.4 is 0 Å². The Bertz CT molecular complexity index is 515. The fourth-order valence-corrected chi connectivity index (χ4v) is 1.09. The van der Waals surface area contributed by atoms with E-state index in [1.54, 1.807) is 12.3 Å². The van der Waals surface area contributed by atoms with Gasteiger partial charge in [-0.25, -0.2) is 9.80 Å². The van der Waals surface area contributed by atoms with Gasteiger partial charge in [0.15, 0.2) is 18.1 Å². The quantitative estimate of drug-likeness (QED) is 0.400. The molecule has 0 aromatic heterocycles. The first-order valence-corrected chi connectivity index (χ1v) is 3.53. The van der Waals surface area contributed by atoms with Gasteiger partial charge in [-0.2, -0.15) is 26.3 Å². The minimum Gasteiger partial charge on any atom is -0.233 e. The molecule has 0 saturated carbocycles. The topological polar surface area (TPSA) is 125 Å². The normalized spacial score (nSPS) is 15.3. The second kappa shape index (κ2) is 5.49. The Hall–Kier alpha value is -1.57. The molecule has 0 bridgehead atoms. The Morgan fingerprint density at radius 1 is 1.00 bits per heavy atom. The van der Waals surface area contributed by atoms with Gasteiger partial charge < -0.3 is 0 Å². The van der Waals surface area contributed by atoms with Crippen LogP contribution in [0.5, 0.6) is 0 Å². The molecule has 1 heterocycles. The van der Waals surface area contributed by atoms with E-state index in [1.165, 1.54) is 18.3 Å². The second-order valence-electron chi connectivity index (χ2n) is 2.43. The summed E-state index contributed by atoms with van der Waals surface area (Å²) in [6.45, 7) is 0. The molecule has 16 heavy (non-hydrogen) atoms. The summed E-state index contributed by atoms with van der Waals surface area (Å²) >= 11 is 0. The van der Waals surface area contributed by atoms with E-state index in [0.717, 1.165) is 6.20 Å². The number of nitriles is 5. The van der Waals surface area contributed by atoms with Crippen molar-refractivity contribution in [1.82, 2.24) is 9.80 Å². The number of rotatable bonds is 0. The number of hydrogen-bond acceptors (Lipinski definition) is 7. The zero-order chi connectivity index (χ0) is 11.5. The van der Waals surface area contributed by atoms with E-state index in [-0.39, 0.29) is 57.1 Å². The van der Waals surface area contributed by atoms with Crippen LogP contribution in [-0.2, 0) is 0 Å². The number of allylic oxidation sites excluding steroid dienone is 1. The summed E-state index contributed by atoms with van der Waals surface area (Å²) in [7, 11) is 0. The smallest absolute Gasteiger partial charge is 0.233 e. The van der Waals surface area contributed by atoms with Crippen LogP contribution in [0.2, 0.25) is 0 Å². The van der Waals surface area contributed by atoms with E-state index in [4.69, 9.17) is 26.3 Å². The molecule has 0 unspecified atom stereocenters. The van der Waals surface area contributed by atoms with E-state index in [0.29, 0.717) is 9.80 Å². The van der Waals surface area contributed by atoms with Crippen LogP contribution in [0.4, 0.5) is 0 Å². The van der Waals surface area contributed by atoms with Crippen molar-refractivity contribution in [3.8, 4) is 30.6 Å². The van der Waals surface area contributed by atoms with E-state index in [9.17, 15) is 0 Å². The number of nitrogens with zero attached hydrogens (tertiary/aromatic N) is 7. The molecule has 8 heteroatoms. The summed E-state index contributed by atoms with van der Waals surface area (Å²) in [6.07, 6.45) is 4.06. The summed E-state index contributed by atoms with van der Waals surface area (Å²) in [5.41, 5.74) is -2.30. The average Bonchev–Trinajstić information content (AvgIpc) is 2.61. The fourth-order valence-electron chi connectivity index (χ4n) is 1.09. The SMILES string of the molecule is N#CC1=CN(C#N)C(C#N)(C#N)N1C#N.[K]. The van der Waals surface area contributed by atoms with E-state index in [2.05, 4.69) is 0 Å². The van der Waals surface area contributed by atoms with Gasteiger partial charge >= 0.3 is 5.66 Å².